The van der Waals surface area contributed by atoms with E-state index >= 15 is 0 Å². The number of piperidine rings is 1. The van der Waals surface area contributed by atoms with E-state index in [2.05, 4.69) is 0 Å². The van der Waals surface area contributed by atoms with Gasteiger partial charge in [-0.2, -0.15) is 0 Å². The molecule has 2 heterocycles. The largest absolute Gasteiger partial charge is 0.480 e. The van der Waals surface area contributed by atoms with Crippen molar-refractivity contribution in [1.29, 1.82) is 0 Å². The number of carboxylic acid groups (broad SMARTS) is 1. The Bertz CT molecular complexity index is 1030. The van der Waals surface area contributed by atoms with Crippen molar-refractivity contribution < 1.29 is 24.2 Å². The van der Waals surface area contributed by atoms with Gasteiger partial charge in [0.05, 0.1) is 6.61 Å². The van der Waals surface area contributed by atoms with E-state index in [9.17, 15) is 19.5 Å². The smallest absolute Gasteiger partial charge is 0.328 e. The lowest BCUT2D eigenvalue weighted by atomic mass is 9.96. The highest BCUT2D eigenvalue weighted by Crippen LogP contribution is 2.38. The van der Waals surface area contributed by atoms with Crippen molar-refractivity contribution in [1.82, 2.24) is 9.80 Å². The molecule has 2 aromatic carbocycles. The first kappa shape index (κ1) is 21.1. The molecular weight excluding hydrogens is 396 g/mol. The van der Waals surface area contributed by atoms with Crippen LogP contribution in [0.2, 0.25) is 0 Å². The van der Waals surface area contributed by atoms with Gasteiger partial charge in [0, 0.05) is 37.1 Å². The van der Waals surface area contributed by atoms with Gasteiger partial charge in [0.25, 0.3) is 11.8 Å². The Morgan fingerprint density at radius 1 is 0.935 bits per heavy atom. The zero-order valence-electron chi connectivity index (χ0n) is 17.7. The van der Waals surface area contributed by atoms with E-state index < -0.39 is 17.7 Å². The third-order valence-corrected chi connectivity index (χ3v) is 6.13. The second-order valence-electron chi connectivity index (χ2n) is 8.32. The normalized spacial score (nSPS) is 20.1. The average molecular weight is 422 g/mol. The number of rotatable bonds is 3. The Kier molecular flexibility index (Phi) is 5.54. The maximum atomic E-state index is 13.4. The zero-order chi connectivity index (χ0) is 22.2. The quantitative estimate of drug-likeness (QED) is 0.822. The summed E-state index contributed by atoms with van der Waals surface area (Å²) >= 11 is 0. The fourth-order valence-corrected chi connectivity index (χ4v) is 4.49. The highest BCUT2D eigenvalue weighted by molar-refractivity contribution is 5.98. The zero-order valence-corrected chi connectivity index (χ0v) is 17.7. The number of ether oxygens (including phenoxy) is 1. The van der Waals surface area contributed by atoms with Crippen molar-refractivity contribution in [2.45, 2.75) is 38.5 Å². The molecule has 2 saturated heterocycles. The van der Waals surface area contributed by atoms with Crippen LogP contribution in [-0.2, 0) is 9.53 Å². The second kappa shape index (κ2) is 8.15. The highest BCUT2D eigenvalue weighted by Gasteiger charge is 2.54. The molecule has 1 atom stereocenters. The Labute approximate surface area is 181 Å². The number of aliphatic carboxylic acids is 1. The molecule has 2 amide bonds. The van der Waals surface area contributed by atoms with E-state index in [1.54, 1.807) is 29.2 Å². The number of nitrogens with zero attached hydrogens (tertiary/aromatic N) is 2. The Morgan fingerprint density at radius 2 is 1.48 bits per heavy atom. The number of carbonyl (C=O) groups is 3. The monoisotopic (exact) mass is 422 g/mol. The summed E-state index contributed by atoms with van der Waals surface area (Å²) in [5.74, 6) is -1.51. The fourth-order valence-electron chi connectivity index (χ4n) is 4.49. The highest BCUT2D eigenvalue weighted by atomic mass is 16.5. The van der Waals surface area contributed by atoms with E-state index in [-0.39, 0.29) is 18.4 Å². The summed E-state index contributed by atoms with van der Waals surface area (Å²) in [5, 5.41) is 9.72. The molecule has 0 aromatic heterocycles. The molecule has 0 aliphatic carbocycles. The van der Waals surface area contributed by atoms with Crippen LogP contribution in [0.5, 0.6) is 0 Å². The molecule has 162 valence electrons. The number of carbonyl (C=O) groups excluding carboxylic acids is 2. The van der Waals surface area contributed by atoms with Gasteiger partial charge in [-0.15, -0.1) is 0 Å². The van der Waals surface area contributed by atoms with E-state index in [1.165, 1.54) is 4.90 Å². The molecule has 1 N–H and O–H groups in total. The van der Waals surface area contributed by atoms with Crippen molar-refractivity contribution in [2.24, 2.45) is 0 Å². The first-order chi connectivity index (χ1) is 14.8. The van der Waals surface area contributed by atoms with Crippen molar-refractivity contribution in [3.63, 3.8) is 0 Å². The van der Waals surface area contributed by atoms with Crippen LogP contribution in [-0.4, -0.2) is 64.2 Å². The van der Waals surface area contributed by atoms with Gasteiger partial charge in [-0.05, 0) is 38.1 Å². The molecule has 0 radical (unpaired) electrons. The summed E-state index contributed by atoms with van der Waals surface area (Å²) in [7, 11) is 0. The van der Waals surface area contributed by atoms with Crippen molar-refractivity contribution >= 4 is 17.8 Å². The number of carboxylic acids is 1. The number of aryl methyl sites for hydroxylation is 2. The Morgan fingerprint density at radius 3 is 2.00 bits per heavy atom. The van der Waals surface area contributed by atoms with Crippen LogP contribution in [0, 0.1) is 13.8 Å². The average Bonchev–Trinajstić information content (AvgIpc) is 3.12. The van der Waals surface area contributed by atoms with E-state index in [4.69, 9.17) is 4.74 Å². The van der Waals surface area contributed by atoms with Gasteiger partial charge in [0.15, 0.2) is 6.04 Å². The Balaban J connectivity index is 1.57. The van der Waals surface area contributed by atoms with Crippen molar-refractivity contribution in [3.05, 3.63) is 70.8 Å². The molecule has 31 heavy (non-hydrogen) atoms. The third kappa shape index (κ3) is 3.93. The number of hydrogen-bond donors (Lipinski definition) is 1. The third-order valence-electron chi connectivity index (χ3n) is 6.13. The van der Waals surface area contributed by atoms with Gasteiger partial charge in [-0.3, -0.25) is 14.5 Å². The molecule has 0 bridgehead atoms. The van der Waals surface area contributed by atoms with Crippen molar-refractivity contribution in [3.8, 4) is 0 Å². The van der Waals surface area contributed by atoms with Crippen LogP contribution in [0.1, 0.15) is 44.7 Å². The topological polar surface area (TPSA) is 87.2 Å². The molecule has 1 spiro atoms. The van der Waals surface area contributed by atoms with E-state index in [0.29, 0.717) is 37.1 Å². The molecule has 4 rings (SSSR count). The standard InChI is InChI=1S/C24H26N2O5/c1-16-5-3-7-18(13-16)21(27)25-11-9-24(10-12-25)26(20(15-31-24)23(29)30)22(28)19-8-4-6-17(2)14-19/h3-8,13-14,20H,9-12,15H2,1-2H3,(H,29,30)/t20-/m0/s1. The molecule has 7 heteroatoms. The molecule has 2 aliphatic heterocycles. The summed E-state index contributed by atoms with van der Waals surface area (Å²) in [5.41, 5.74) is 1.98. The summed E-state index contributed by atoms with van der Waals surface area (Å²) < 4.78 is 5.98. The lowest BCUT2D eigenvalue weighted by molar-refractivity contribution is -0.143. The minimum atomic E-state index is -1.09. The van der Waals surface area contributed by atoms with Gasteiger partial charge < -0.3 is 14.7 Å². The van der Waals surface area contributed by atoms with Crippen LogP contribution in [0.3, 0.4) is 0 Å². The molecule has 2 aliphatic rings. The second-order valence-corrected chi connectivity index (χ2v) is 8.32. The first-order valence-corrected chi connectivity index (χ1v) is 10.4. The summed E-state index contributed by atoms with van der Waals surface area (Å²) in [4.78, 5) is 41.3. The maximum Gasteiger partial charge on any atom is 0.328 e. The summed E-state index contributed by atoms with van der Waals surface area (Å²) in [6, 6.07) is 13.5. The van der Waals surface area contributed by atoms with Gasteiger partial charge >= 0.3 is 5.97 Å². The Hall–Kier alpha value is -3.19. The molecule has 2 aromatic rings. The molecule has 2 fully saturated rings. The predicted octanol–water partition coefficient (Wildman–Crippen LogP) is 2.86. The number of hydrogen-bond acceptors (Lipinski definition) is 4. The van der Waals surface area contributed by atoms with E-state index in [1.807, 2.05) is 38.1 Å². The van der Waals surface area contributed by atoms with Gasteiger partial charge in [0.1, 0.15) is 5.72 Å². The molecule has 0 saturated carbocycles. The van der Waals surface area contributed by atoms with Gasteiger partial charge in [-0.1, -0.05) is 35.4 Å². The molecular formula is C24H26N2O5. The predicted molar refractivity (Wildman–Crippen MR) is 114 cm³/mol. The maximum absolute atomic E-state index is 13.4. The van der Waals surface area contributed by atoms with Crippen LogP contribution < -0.4 is 0 Å². The van der Waals surface area contributed by atoms with Gasteiger partial charge in [0.2, 0.25) is 0 Å². The van der Waals surface area contributed by atoms with Crippen molar-refractivity contribution in [2.75, 3.05) is 19.7 Å². The molecule has 0 unspecified atom stereocenters. The fraction of sp³-hybridized carbons (Fsp3) is 0.375. The van der Waals surface area contributed by atoms with Crippen LogP contribution in [0.25, 0.3) is 0 Å². The van der Waals surface area contributed by atoms with Crippen LogP contribution in [0.4, 0.5) is 0 Å². The number of likely N-dealkylation sites (tertiary alicyclic amines) is 1. The summed E-state index contributed by atoms with van der Waals surface area (Å²) in [6.45, 7) is 4.54. The minimum Gasteiger partial charge on any atom is -0.480 e. The van der Waals surface area contributed by atoms with Gasteiger partial charge in [-0.25, -0.2) is 4.79 Å². The number of benzene rings is 2. The summed E-state index contributed by atoms with van der Waals surface area (Å²) in [6.07, 6.45) is 0.734. The lowest BCUT2D eigenvalue weighted by Gasteiger charge is -2.44. The van der Waals surface area contributed by atoms with E-state index in [0.717, 1.165) is 11.1 Å². The SMILES string of the molecule is Cc1cccc(C(=O)N2CCC3(CC2)OC[C@@H](C(=O)O)N3C(=O)c2cccc(C)c2)c1. The molecule has 7 nitrogen and oxygen atoms in total. The minimum absolute atomic E-state index is 0.0568. The number of amides is 2. The van der Waals surface area contributed by atoms with Crippen LogP contribution >= 0.6 is 0 Å². The lowest BCUT2D eigenvalue weighted by Crippen LogP contribution is -2.58. The van der Waals surface area contributed by atoms with Crippen LogP contribution in [0.15, 0.2) is 48.5 Å². The first-order valence-electron chi connectivity index (χ1n) is 10.4.